The van der Waals surface area contributed by atoms with Crippen molar-refractivity contribution in [1.82, 2.24) is 14.8 Å². The molecule has 0 radical (unpaired) electrons. The number of fused-ring (bicyclic) bond motifs is 2. The number of alkyl halides is 3. The minimum Gasteiger partial charge on any atom is -0.710 e. The monoisotopic (exact) mass is 376 g/mol. The van der Waals surface area contributed by atoms with Crippen LogP contribution in [0.25, 0.3) is 16.5 Å². The van der Waals surface area contributed by atoms with E-state index in [0.29, 0.717) is 15.8 Å². The smallest absolute Gasteiger partial charge is 0.450 e. The van der Waals surface area contributed by atoms with Crippen LogP contribution < -0.4 is 4.73 Å². The topological polar surface area (TPSA) is 69.8 Å². The maximum atomic E-state index is 13.7. The Labute approximate surface area is 151 Å². The molecule has 1 N–H and O–H groups in total. The van der Waals surface area contributed by atoms with E-state index in [0.717, 1.165) is 23.9 Å². The molecule has 1 aliphatic carbocycles. The van der Waals surface area contributed by atoms with Crippen molar-refractivity contribution < 1.29 is 22.6 Å². The standard InChI is InChI=1S/C18H15F3N4O2/c1-9-4-11(5-12-6-22-23-15(9)12)14-16(18(19,20)21)27-8-24-7-13(10-2-3-10)25(26)17(14)24/h4-7,10H,2-3,8H2,1H3,(H,22,23). The first kappa shape index (κ1) is 16.2. The predicted molar refractivity (Wildman–Crippen MR) is 89.4 cm³/mol. The summed E-state index contributed by atoms with van der Waals surface area (Å²) in [7, 11) is 0. The molecule has 1 aliphatic heterocycles. The van der Waals surface area contributed by atoms with E-state index in [4.69, 9.17) is 4.74 Å². The van der Waals surface area contributed by atoms with Gasteiger partial charge in [0.25, 0.3) is 5.82 Å². The number of halogens is 3. The normalized spacial score (nSPS) is 17.3. The zero-order valence-corrected chi connectivity index (χ0v) is 14.3. The number of rotatable bonds is 2. The molecule has 27 heavy (non-hydrogen) atoms. The minimum absolute atomic E-state index is 0.0299. The SMILES string of the molecule is Cc1cc(C2=C(C(F)(F)F)OCn3cc(C4CC4)[n+]([O-])c32)cc2cn[nH]c12. The molecule has 3 heterocycles. The Bertz CT molecular complexity index is 1110. The third-order valence-corrected chi connectivity index (χ3v) is 5.07. The zero-order valence-electron chi connectivity index (χ0n) is 14.3. The van der Waals surface area contributed by atoms with Crippen LogP contribution in [-0.4, -0.2) is 20.9 Å². The lowest BCUT2D eigenvalue weighted by atomic mass is 9.98. The lowest BCUT2D eigenvalue weighted by Crippen LogP contribution is -2.37. The van der Waals surface area contributed by atoms with Crippen LogP contribution >= 0.6 is 0 Å². The van der Waals surface area contributed by atoms with Crippen LogP contribution in [0.4, 0.5) is 13.2 Å². The van der Waals surface area contributed by atoms with Crippen LogP contribution in [0.2, 0.25) is 0 Å². The highest BCUT2D eigenvalue weighted by atomic mass is 19.4. The highest BCUT2D eigenvalue weighted by Gasteiger charge is 2.46. The number of ether oxygens (including phenoxy) is 1. The Morgan fingerprint density at radius 1 is 1.33 bits per heavy atom. The van der Waals surface area contributed by atoms with Crippen LogP contribution in [0, 0.1) is 12.1 Å². The third kappa shape index (κ3) is 2.41. The van der Waals surface area contributed by atoms with Crippen molar-refractivity contribution in [2.24, 2.45) is 0 Å². The van der Waals surface area contributed by atoms with Gasteiger partial charge >= 0.3 is 6.18 Å². The van der Waals surface area contributed by atoms with Crippen molar-refractivity contribution in [3.05, 3.63) is 58.1 Å². The number of nitrogens with one attached hydrogen (secondary N) is 1. The van der Waals surface area contributed by atoms with E-state index in [-0.39, 0.29) is 29.6 Å². The number of allylic oxidation sites excluding steroid dienone is 1. The molecule has 2 aromatic heterocycles. The first-order chi connectivity index (χ1) is 12.8. The minimum atomic E-state index is -4.71. The number of aromatic nitrogens is 4. The summed E-state index contributed by atoms with van der Waals surface area (Å²) in [6, 6.07) is 3.21. The summed E-state index contributed by atoms with van der Waals surface area (Å²) >= 11 is 0. The highest BCUT2D eigenvalue weighted by molar-refractivity contribution is 5.89. The molecular weight excluding hydrogens is 361 g/mol. The van der Waals surface area contributed by atoms with Crippen molar-refractivity contribution in [2.45, 2.75) is 38.6 Å². The molecule has 1 saturated carbocycles. The molecule has 3 aromatic rings. The van der Waals surface area contributed by atoms with Crippen LogP contribution in [0.3, 0.4) is 0 Å². The van der Waals surface area contributed by atoms with Gasteiger partial charge in [-0.2, -0.15) is 22.8 Å². The number of aryl methyl sites for hydroxylation is 1. The first-order valence-corrected chi connectivity index (χ1v) is 8.56. The van der Waals surface area contributed by atoms with Gasteiger partial charge < -0.3 is 9.94 Å². The summed E-state index contributed by atoms with van der Waals surface area (Å²) in [6.07, 6.45) is 0.187. The van der Waals surface area contributed by atoms with Gasteiger partial charge in [0.15, 0.2) is 0 Å². The number of imidazole rings is 1. The van der Waals surface area contributed by atoms with E-state index < -0.39 is 11.9 Å². The molecule has 0 atom stereocenters. The highest BCUT2D eigenvalue weighted by Crippen LogP contribution is 2.43. The molecular formula is C18H15F3N4O2. The largest absolute Gasteiger partial charge is 0.710 e. The van der Waals surface area contributed by atoms with E-state index in [1.807, 2.05) is 0 Å². The Morgan fingerprint density at radius 3 is 2.81 bits per heavy atom. The first-order valence-electron chi connectivity index (χ1n) is 8.56. The summed E-state index contributed by atoms with van der Waals surface area (Å²) in [5, 5.41) is 20.3. The summed E-state index contributed by atoms with van der Waals surface area (Å²) < 4.78 is 48.3. The second-order valence-corrected chi connectivity index (χ2v) is 7.02. The zero-order chi connectivity index (χ0) is 18.9. The van der Waals surface area contributed by atoms with Gasteiger partial charge in [0.2, 0.25) is 12.5 Å². The quantitative estimate of drug-likeness (QED) is 0.550. The maximum Gasteiger partial charge on any atom is 0.450 e. The molecule has 0 spiro atoms. The van der Waals surface area contributed by atoms with Gasteiger partial charge in [-0.3, -0.25) is 5.10 Å². The summed E-state index contributed by atoms with van der Waals surface area (Å²) in [5.41, 5.74) is 2.02. The Balaban J connectivity index is 1.80. The van der Waals surface area contributed by atoms with Crippen molar-refractivity contribution in [1.29, 1.82) is 0 Å². The second kappa shape index (κ2) is 5.28. The molecule has 1 aromatic carbocycles. The summed E-state index contributed by atoms with van der Waals surface area (Å²) in [4.78, 5) is 0. The van der Waals surface area contributed by atoms with E-state index in [2.05, 4.69) is 10.2 Å². The second-order valence-electron chi connectivity index (χ2n) is 7.02. The van der Waals surface area contributed by atoms with Crippen molar-refractivity contribution in [3.63, 3.8) is 0 Å². The van der Waals surface area contributed by atoms with Gasteiger partial charge in [0, 0.05) is 11.3 Å². The molecule has 1 fully saturated rings. The Morgan fingerprint density at radius 2 is 2.11 bits per heavy atom. The molecule has 140 valence electrons. The molecule has 6 nitrogen and oxygen atoms in total. The maximum absolute atomic E-state index is 13.7. The van der Waals surface area contributed by atoms with Crippen molar-refractivity contribution in [3.8, 4) is 0 Å². The third-order valence-electron chi connectivity index (χ3n) is 5.07. The number of hydrogen-bond acceptors (Lipinski definition) is 3. The fraction of sp³-hybridized carbons (Fsp3) is 0.333. The van der Waals surface area contributed by atoms with Gasteiger partial charge in [0.1, 0.15) is 17.5 Å². The van der Waals surface area contributed by atoms with Gasteiger partial charge in [-0.15, -0.1) is 0 Å². The van der Waals surface area contributed by atoms with Crippen LogP contribution in [0.5, 0.6) is 0 Å². The number of H-pyrrole nitrogens is 1. The molecule has 9 heteroatoms. The Kier molecular flexibility index (Phi) is 3.17. The number of nitrogens with zero attached hydrogens (tertiary/aromatic N) is 3. The molecule has 0 amide bonds. The number of aromatic amines is 1. The predicted octanol–water partition coefficient (Wildman–Crippen LogP) is 3.49. The number of hydrogen-bond donors (Lipinski definition) is 1. The average molecular weight is 376 g/mol. The van der Waals surface area contributed by atoms with Gasteiger partial charge in [-0.1, -0.05) is 0 Å². The van der Waals surface area contributed by atoms with E-state index in [9.17, 15) is 18.4 Å². The molecule has 0 unspecified atom stereocenters. The van der Waals surface area contributed by atoms with Gasteiger partial charge in [-0.25, -0.2) is 4.73 Å². The molecule has 5 rings (SSSR count). The molecule has 0 bridgehead atoms. The summed E-state index contributed by atoms with van der Waals surface area (Å²) in [5.74, 6) is -1.06. The van der Waals surface area contributed by atoms with Gasteiger partial charge in [-0.05, 0) is 43.0 Å². The van der Waals surface area contributed by atoms with Crippen LogP contribution in [0.1, 0.15) is 41.4 Å². The van der Waals surface area contributed by atoms with E-state index in [1.54, 1.807) is 31.5 Å². The lowest BCUT2D eigenvalue weighted by molar-refractivity contribution is -0.616. The average Bonchev–Trinajstić information content (AvgIpc) is 3.23. The van der Waals surface area contributed by atoms with Crippen LogP contribution in [-0.2, 0) is 11.5 Å². The van der Waals surface area contributed by atoms with Gasteiger partial charge in [0.05, 0.1) is 11.7 Å². The van der Waals surface area contributed by atoms with Crippen LogP contribution in [0.15, 0.2) is 30.3 Å². The van der Waals surface area contributed by atoms with E-state index in [1.165, 1.54) is 4.57 Å². The van der Waals surface area contributed by atoms with E-state index >= 15 is 0 Å². The fourth-order valence-corrected chi connectivity index (χ4v) is 3.68. The number of benzene rings is 1. The summed E-state index contributed by atoms with van der Waals surface area (Å²) in [6.45, 7) is 1.44. The lowest BCUT2D eigenvalue weighted by Gasteiger charge is -2.22. The molecule has 0 saturated heterocycles. The Hall–Kier alpha value is -2.97. The van der Waals surface area contributed by atoms with Crippen molar-refractivity contribution in [2.75, 3.05) is 0 Å². The molecule has 2 aliphatic rings. The fourth-order valence-electron chi connectivity index (χ4n) is 3.68. The van der Waals surface area contributed by atoms with Crippen molar-refractivity contribution >= 4 is 16.5 Å².